The number of carbonyl (C=O) groups is 1. The molecule has 0 spiro atoms. The SMILES string of the molecule is Cc1ccc(C(C)C)c(OCCn2cc(C=C3C(=O)N(c4ccccc4)c4ccccc43)c3ccccc32)c1. The fourth-order valence-corrected chi connectivity index (χ4v) is 5.44. The molecule has 39 heavy (non-hydrogen) atoms. The maximum Gasteiger partial charge on any atom is 0.263 e. The van der Waals surface area contributed by atoms with E-state index in [0.717, 1.165) is 39.2 Å². The lowest BCUT2D eigenvalue weighted by molar-refractivity contribution is -0.112. The van der Waals surface area contributed by atoms with E-state index in [-0.39, 0.29) is 5.91 Å². The highest BCUT2D eigenvalue weighted by molar-refractivity contribution is 6.38. The van der Waals surface area contributed by atoms with Crippen LogP contribution in [-0.2, 0) is 11.3 Å². The Morgan fingerprint density at radius 1 is 0.872 bits per heavy atom. The van der Waals surface area contributed by atoms with E-state index in [0.29, 0.717) is 24.6 Å². The van der Waals surface area contributed by atoms with Gasteiger partial charge in [-0.1, -0.05) is 80.6 Å². The summed E-state index contributed by atoms with van der Waals surface area (Å²) in [5, 5.41) is 1.12. The van der Waals surface area contributed by atoms with Gasteiger partial charge in [0.15, 0.2) is 0 Å². The molecule has 0 bridgehead atoms. The quantitative estimate of drug-likeness (QED) is 0.205. The average Bonchev–Trinajstić information content (AvgIpc) is 3.44. The summed E-state index contributed by atoms with van der Waals surface area (Å²) in [6.45, 7) is 7.74. The van der Waals surface area contributed by atoms with Crippen molar-refractivity contribution < 1.29 is 9.53 Å². The number of nitrogens with zero attached hydrogens (tertiary/aromatic N) is 2. The Labute approximate surface area is 229 Å². The standard InChI is InChI=1S/C35H32N2O2/c1-24(2)28-18-17-25(3)21-34(28)39-20-19-36-23-26(29-13-7-9-15-32(29)36)22-31-30-14-8-10-16-33(30)37(35(31)38)27-11-5-4-6-12-27/h4-18,21-24H,19-20H2,1-3H3. The lowest BCUT2D eigenvalue weighted by Gasteiger charge is -2.16. The predicted molar refractivity (Wildman–Crippen MR) is 161 cm³/mol. The lowest BCUT2D eigenvalue weighted by Crippen LogP contribution is -2.20. The Morgan fingerprint density at radius 2 is 1.62 bits per heavy atom. The van der Waals surface area contributed by atoms with Crippen LogP contribution in [0, 0.1) is 6.92 Å². The Hall–Kier alpha value is -4.57. The topological polar surface area (TPSA) is 34.5 Å². The molecule has 2 heterocycles. The molecule has 0 unspecified atom stereocenters. The highest BCUT2D eigenvalue weighted by Crippen LogP contribution is 2.42. The number of aryl methyl sites for hydroxylation is 1. The van der Waals surface area contributed by atoms with Gasteiger partial charge < -0.3 is 9.30 Å². The van der Waals surface area contributed by atoms with Gasteiger partial charge in [0.1, 0.15) is 12.4 Å². The molecule has 0 atom stereocenters. The second-order valence-electron chi connectivity index (χ2n) is 10.4. The van der Waals surface area contributed by atoms with Crippen LogP contribution in [0.5, 0.6) is 5.75 Å². The van der Waals surface area contributed by atoms with Gasteiger partial charge in [-0.05, 0) is 60.4 Å². The highest BCUT2D eigenvalue weighted by Gasteiger charge is 2.33. The molecule has 4 aromatic carbocycles. The molecule has 0 fully saturated rings. The van der Waals surface area contributed by atoms with Gasteiger partial charge in [0, 0.05) is 33.9 Å². The number of hydrogen-bond acceptors (Lipinski definition) is 2. The van der Waals surface area contributed by atoms with E-state index in [1.807, 2.05) is 71.6 Å². The van der Waals surface area contributed by atoms with E-state index in [1.54, 1.807) is 0 Å². The zero-order chi connectivity index (χ0) is 26.9. The molecule has 1 amide bonds. The predicted octanol–water partition coefficient (Wildman–Crippen LogP) is 8.37. The molecule has 0 N–H and O–H groups in total. The number of carbonyl (C=O) groups excluding carboxylic acids is 1. The van der Waals surface area contributed by atoms with Gasteiger partial charge >= 0.3 is 0 Å². The van der Waals surface area contributed by atoms with Gasteiger partial charge in [0.05, 0.1) is 17.8 Å². The zero-order valence-corrected chi connectivity index (χ0v) is 22.6. The van der Waals surface area contributed by atoms with Crippen LogP contribution in [0.3, 0.4) is 0 Å². The molecule has 0 radical (unpaired) electrons. The van der Waals surface area contributed by atoms with Crippen molar-refractivity contribution in [3.8, 4) is 5.75 Å². The Morgan fingerprint density at radius 3 is 2.44 bits per heavy atom. The van der Waals surface area contributed by atoms with Crippen LogP contribution in [-0.4, -0.2) is 17.1 Å². The second-order valence-corrected chi connectivity index (χ2v) is 10.4. The summed E-state index contributed by atoms with van der Waals surface area (Å²) in [6.07, 6.45) is 4.18. The van der Waals surface area contributed by atoms with E-state index in [1.165, 1.54) is 11.1 Å². The Kier molecular flexibility index (Phi) is 6.54. The molecule has 4 nitrogen and oxygen atoms in total. The number of amides is 1. The molecule has 194 valence electrons. The summed E-state index contributed by atoms with van der Waals surface area (Å²) >= 11 is 0. The number of fused-ring (bicyclic) bond motifs is 2. The lowest BCUT2D eigenvalue weighted by atomic mass is 10.0. The van der Waals surface area contributed by atoms with Crippen molar-refractivity contribution in [2.24, 2.45) is 0 Å². The third-order valence-electron chi connectivity index (χ3n) is 7.38. The number of rotatable bonds is 7. The van der Waals surface area contributed by atoms with Crippen LogP contribution in [0.1, 0.15) is 42.0 Å². The van der Waals surface area contributed by atoms with Crippen LogP contribution in [0.2, 0.25) is 0 Å². The molecular weight excluding hydrogens is 480 g/mol. The molecule has 1 aliphatic rings. The molecule has 6 rings (SSSR count). The molecule has 5 aromatic rings. The largest absolute Gasteiger partial charge is 0.491 e. The molecule has 1 aromatic heterocycles. The first-order valence-electron chi connectivity index (χ1n) is 13.5. The van der Waals surface area contributed by atoms with Crippen molar-refractivity contribution in [2.45, 2.75) is 33.2 Å². The monoisotopic (exact) mass is 512 g/mol. The summed E-state index contributed by atoms with van der Waals surface area (Å²) < 4.78 is 8.53. The second kappa shape index (κ2) is 10.3. The summed E-state index contributed by atoms with van der Waals surface area (Å²) in [7, 11) is 0. The molecule has 0 saturated carbocycles. The zero-order valence-electron chi connectivity index (χ0n) is 22.6. The van der Waals surface area contributed by atoms with Crippen LogP contribution >= 0.6 is 0 Å². The van der Waals surface area contributed by atoms with Crippen LogP contribution < -0.4 is 9.64 Å². The maximum atomic E-state index is 13.8. The van der Waals surface area contributed by atoms with Crippen LogP contribution in [0.4, 0.5) is 11.4 Å². The Bertz CT molecular complexity index is 1690. The summed E-state index contributed by atoms with van der Waals surface area (Å²) in [4.78, 5) is 15.6. The smallest absolute Gasteiger partial charge is 0.263 e. The number of benzene rings is 4. The van der Waals surface area contributed by atoms with Gasteiger partial charge in [0.2, 0.25) is 0 Å². The van der Waals surface area contributed by atoms with Crippen molar-refractivity contribution in [1.29, 1.82) is 0 Å². The minimum Gasteiger partial charge on any atom is -0.491 e. The first kappa shape index (κ1) is 24.7. The summed E-state index contributed by atoms with van der Waals surface area (Å²) in [5.74, 6) is 1.34. The first-order chi connectivity index (χ1) is 19.0. The fraction of sp³-hybridized carbons (Fsp3) is 0.171. The normalized spacial score (nSPS) is 14.0. The van der Waals surface area contributed by atoms with Gasteiger partial charge in [-0.2, -0.15) is 0 Å². The summed E-state index contributed by atoms with van der Waals surface area (Å²) in [5.41, 5.74) is 8.01. The molecule has 0 aliphatic carbocycles. The number of para-hydroxylation sites is 3. The number of ether oxygens (including phenoxy) is 1. The van der Waals surface area contributed by atoms with Crippen LogP contribution in [0.15, 0.2) is 103 Å². The van der Waals surface area contributed by atoms with Gasteiger partial charge in [0.25, 0.3) is 5.91 Å². The average molecular weight is 513 g/mol. The number of hydrogen-bond donors (Lipinski definition) is 0. The highest BCUT2D eigenvalue weighted by atomic mass is 16.5. The van der Waals surface area contributed by atoms with Gasteiger partial charge in [-0.25, -0.2) is 0 Å². The number of anilines is 2. The summed E-state index contributed by atoms with van der Waals surface area (Å²) in [6, 6.07) is 32.6. The third kappa shape index (κ3) is 4.63. The molecular formula is C35H32N2O2. The maximum absolute atomic E-state index is 13.8. The van der Waals surface area contributed by atoms with Gasteiger partial charge in [-0.15, -0.1) is 0 Å². The van der Waals surface area contributed by atoms with Crippen LogP contribution in [0.25, 0.3) is 22.6 Å². The van der Waals surface area contributed by atoms with Crippen molar-refractivity contribution in [1.82, 2.24) is 4.57 Å². The fourth-order valence-electron chi connectivity index (χ4n) is 5.44. The number of aromatic nitrogens is 1. The first-order valence-corrected chi connectivity index (χ1v) is 13.5. The molecule has 0 saturated heterocycles. The Balaban J connectivity index is 1.33. The van der Waals surface area contributed by atoms with Gasteiger partial charge in [-0.3, -0.25) is 9.69 Å². The van der Waals surface area contributed by atoms with E-state index in [4.69, 9.17) is 4.74 Å². The van der Waals surface area contributed by atoms with Crippen molar-refractivity contribution in [3.63, 3.8) is 0 Å². The van der Waals surface area contributed by atoms with E-state index >= 15 is 0 Å². The van der Waals surface area contributed by atoms with E-state index in [9.17, 15) is 4.79 Å². The molecule has 4 heteroatoms. The third-order valence-corrected chi connectivity index (χ3v) is 7.38. The van der Waals surface area contributed by atoms with Crippen molar-refractivity contribution in [3.05, 3.63) is 126 Å². The van der Waals surface area contributed by atoms with Crippen molar-refractivity contribution in [2.75, 3.05) is 11.5 Å². The minimum absolute atomic E-state index is 0.0109. The molecule has 1 aliphatic heterocycles. The van der Waals surface area contributed by atoms with E-state index in [2.05, 4.69) is 67.9 Å². The van der Waals surface area contributed by atoms with Crippen molar-refractivity contribution >= 4 is 39.8 Å². The van der Waals surface area contributed by atoms with E-state index < -0.39 is 0 Å². The minimum atomic E-state index is -0.0109.